The van der Waals surface area contributed by atoms with E-state index in [1.165, 1.54) is 10.8 Å². The van der Waals surface area contributed by atoms with E-state index in [4.69, 9.17) is 19.0 Å². The number of hydrogen-bond acceptors (Lipinski definition) is 8. The van der Waals surface area contributed by atoms with Gasteiger partial charge in [-0.1, -0.05) is 84.4 Å². The molecule has 0 bridgehead atoms. The number of ether oxygens (including phenoxy) is 3. The Kier molecular flexibility index (Phi) is 7.88. The highest BCUT2D eigenvalue weighted by Gasteiger charge is 2.58. The van der Waals surface area contributed by atoms with Gasteiger partial charge in [0, 0.05) is 24.1 Å². The maximum absolute atomic E-state index is 13.2. The van der Waals surface area contributed by atoms with Crippen molar-refractivity contribution in [1.29, 1.82) is 0 Å². The third kappa shape index (κ3) is 5.06. The molecule has 2 N–H and O–H groups in total. The second kappa shape index (κ2) is 12.0. The predicted octanol–water partition coefficient (Wildman–Crippen LogP) is 4.64. The van der Waals surface area contributed by atoms with Gasteiger partial charge in [0.25, 0.3) is 5.56 Å². The second-order valence-corrected chi connectivity index (χ2v) is 12.3. The van der Waals surface area contributed by atoms with Crippen LogP contribution in [0.2, 0.25) is 0 Å². The van der Waals surface area contributed by atoms with Crippen molar-refractivity contribution in [2.75, 3.05) is 13.7 Å². The molecule has 3 aromatic carbocycles. The Bertz CT molecular complexity index is 1800. The number of rotatable bonds is 8. The van der Waals surface area contributed by atoms with E-state index >= 15 is 0 Å². The van der Waals surface area contributed by atoms with Gasteiger partial charge in [0.1, 0.15) is 23.7 Å². The first-order chi connectivity index (χ1) is 22.3. The van der Waals surface area contributed by atoms with Gasteiger partial charge in [-0.2, -0.15) is 0 Å². The largest absolute Gasteiger partial charge is 0.497 e. The maximum atomic E-state index is 13.2. The molecule has 7 rings (SSSR count). The molecule has 238 valence electrons. The zero-order valence-electron chi connectivity index (χ0n) is 25.8. The molecule has 1 aromatic heterocycles. The highest BCUT2D eigenvalue weighted by molar-refractivity contribution is 5.93. The van der Waals surface area contributed by atoms with Crippen LogP contribution in [0.3, 0.4) is 0 Å². The van der Waals surface area contributed by atoms with Gasteiger partial charge in [0.05, 0.1) is 25.3 Å². The SMILES string of the molecule is COc1ccc(C(OC[C@H]2O[C@@H](n3cc(C)c(=O)[nH]c3=O)[C@H]3C2=NO[C@]2(O)CCCCC32)(c2ccccc2)c2ccccc2)cc1. The molecule has 3 heterocycles. The van der Waals surface area contributed by atoms with Gasteiger partial charge in [-0.05, 0) is 48.6 Å². The van der Waals surface area contributed by atoms with E-state index < -0.39 is 40.9 Å². The van der Waals surface area contributed by atoms with Gasteiger partial charge >= 0.3 is 5.69 Å². The minimum absolute atomic E-state index is 0.0489. The van der Waals surface area contributed by atoms with Gasteiger partial charge in [-0.3, -0.25) is 14.3 Å². The van der Waals surface area contributed by atoms with Crippen molar-refractivity contribution < 1.29 is 24.2 Å². The van der Waals surface area contributed by atoms with Crippen molar-refractivity contribution in [3.05, 3.63) is 134 Å². The number of aliphatic hydroxyl groups is 1. The van der Waals surface area contributed by atoms with Gasteiger partial charge < -0.3 is 24.2 Å². The lowest BCUT2D eigenvalue weighted by Crippen LogP contribution is -2.52. The molecule has 2 aliphatic heterocycles. The van der Waals surface area contributed by atoms with Crippen LogP contribution < -0.4 is 16.0 Å². The number of oxime groups is 1. The number of hydrogen-bond donors (Lipinski definition) is 2. The topological polar surface area (TPSA) is 124 Å². The molecule has 3 aliphatic rings. The number of fused-ring (bicyclic) bond motifs is 3. The molecule has 0 spiro atoms. The fraction of sp³-hybridized carbons (Fsp3) is 0.361. The molecule has 1 saturated carbocycles. The molecule has 1 saturated heterocycles. The molecule has 10 nitrogen and oxygen atoms in total. The number of H-pyrrole nitrogens is 1. The van der Waals surface area contributed by atoms with Crippen LogP contribution in [0.15, 0.2) is 106 Å². The molecule has 1 aliphatic carbocycles. The van der Waals surface area contributed by atoms with Crippen molar-refractivity contribution in [3.8, 4) is 5.75 Å². The molecule has 5 atom stereocenters. The highest BCUT2D eigenvalue weighted by Crippen LogP contribution is 2.51. The van der Waals surface area contributed by atoms with Gasteiger partial charge in [0.15, 0.2) is 0 Å². The molecule has 10 heteroatoms. The van der Waals surface area contributed by atoms with Crippen LogP contribution >= 0.6 is 0 Å². The number of nitrogens with zero attached hydrogens (tertiary/aromatic N) is 2. The Hall–Kier alpha value is -4.51. The summed E-state index contributed by atoms with van der Waals surface area (Å²) in [6.07, 6.45) is 2.77. The Morgan fingerprint density at radius 2 is 1.63 bits per heavy atom. The molecule has 46 heavy (non-hydrogen) atoms. The first-order valence-corrected chi connectivity index (χ1v) is 15.7. The minimum Gasteiger partial charge on any atom is -0.497 e. The Morgan fingerprint density at radius 1 is 0.978 bits per heavy atom. The number of nitrogens with one attached hydrogen (secondary N) is 1. The fourth-order valence-corrected chi connectivity index (χ4v) is 7.33. The van der Waals surface area contributed by atoms with Crippen LogP contribution in [0.1, 0.15) is 54.2 Å². The maximum Gasteiger partial charge on any atom is 0.330 e. The summed E-state index contributed by atoms with van der Waals surface area (Å²) >= 11 is 0. The summed E-state index contributed by atoms with van der Waals surface area (Å²) in [5, 5.41) is 16.0. The summed E-state index contributed by atoms with van der Waals surface area (Å²) < 4.78 is 20.6. The first kappa shape index (κ1) is 30.2. The number of aryl methyl sites for hydroxylation is 1. The van der Waals surface area contributed by atoms with E-state index in [0.29, 0.717) is 24.1 Å². The lowest BCUT2D eigenvalue weighted by Gasteiger charge is -2.44. The van der Waals surface area contributed by atoms with Crippen LogP contribution in [0.5, 0.6) is 5.75 Å². The third-order valence-corrected chi connectivity index (χ3v) is 9.63. The molecular weight excluding hydrogens is 586 g/mol. The highest BCUT2D eigenvalue weighted by atomic mass is 16.7. The summed E-state index contributed by atoms with van der Waals surface area (Å²) in [7, 11) is 1.63. The van der Waals surface area contributed by atoms with E-state index in [9.17, 15) is 14.7 Å². The average Bonchev–Trinajstić information content (AvgIpc) is 3.46. The smallest absolute Gasteiger partial charge is 0.330 e. The number of benzene rings is 3. The Balaban J connectivity index is 1.33. The van der Waals surface area contributed by atoms with E-state index in [-0.39, 0.29) is 12.5 Å². The van der Waals surface area contributed by atoms with Crippen molar-refractivity contribution >= 4 is 5.71 Å². The fourth-order valence-electron chi connectivity index (χ4n) is 7.33. The average molecular weight is 624 g/mol. The van der Waals surface area contributed by atoms with Crippen molar-refractivity contribution in [3.63, 3.8) is 0 Å². The number of aromatic nitrogens is 2. The molecular formula is C36H37N3O7. The molecule has 4 aromatic rings. The summed E-state index contributed by atoms with van der Waals surface area (Å²) in [6.45, 7) is 1.69. The van der Waals surface area contributed by atoms with E-state index in [2.05, 4.69) is 10.1 Å². The van der Waals surface area contributed by atoms with Crippen LogP contribution in [0.4, 0.5) is 0 Å². The van der Waals surface area contributed by atoms with E-state index in [0.717, 1.165) is 35.3 Å². The molecule has 1 unspecified atom stereocenters. The third-order valence-electron chi connectivity index (χ3n) is 9.63. The van der Waals surface area contributed by atoms with Crippen LogP contribution in [0.25, 0.3) is 0 Å². The van der Waals surface area contributed by atoms with Crippen LogP contribution in [-0.2, 0) is 19.9 Å². The van der Waals surface area contributed by atoms with Crippen molar-refractivity contribution in [2.24, 2.45) is 17.0 Å². The van der Waals surface area contributed by atoms with Gasteiger partial charge in [0.2, 0.25) is 5.79 Å². The van der Waals surface area contributed by atoms with Crippen LogP contribution in [0, 0.1) is 18.8 Å². The first-order valence-electron chi connectivity index (χ1n) is 15.7. The monoisotopic (exact) mass is 623 g/mol. The Labute approximate surface area is 266 Å². The number of methoxy groups -OCH3 is 1. The van der Waals surface area contributed by atoms with E-state index in [1.54, 1.807) is 14.0 Å². The normalized spacial score (nSPS) is 25.6. The quantitative estimate of drug-likeness (QED) is 0.274. The van der Waals surface area contributed by atoms with Gasteiger partial charge in [-0.25, -0.2) is 4.79 Å². The Morgan fingerprint density at radius 3 is 2.28 bits per heavy atom. The zero-order chi connectivity index (χ0) is 31.9. The van der Waals surface area contributed by atoms with E-state index in [1.807, 2.05) is 84.9 Å². The summed E-state index contributed by atoms with van der Waals surface area (Å²) in [5.74, 6) is -1.58. The second-order valence-electron chi connectivity index (χ2n) is 12.3. The predicted molar refractivity (Wildman–Crippen MR) is 171 cm³/mol. The van der Waals surface area contributed by atoms with Crippen molar-refractivity contribution in [2.45, 2.75) is 56.3 Å². The lowest BCUT2D eigenvalue weighted by molar-refractivity contribution is -0.271. The molecule has 0 amide bonds. The van der Waals surface area contributed by atoms with Crippen molar-refractivity contribution in [1.82, 2.24) is 9.55 Å². The summed E-state index contributed by atoms with van der Waals surface area (Å²) in [6, 6.07) is 27.8. The summed E-state index contributed by atoms with van der Waals surface area (Å²) in [4.78, 5) is 33.7. The van der Waals surface area contributed by atoms with Crippen LogP contribution in [-0.4, -0.2) is 46.0 Å². The summed E-state index contributed by atoms with van der Waals surface area (Å²) in [5.41, 5.74) is 1.55. The standard InChI is InChI=1S/C36H37N3O7/c1-23-21-39(34(41)37-32(23)40)33-30-28-15-9-10-20-35(28,42)46-38-31(30)29(45-33)22-44-36(24-11-5-3-6-12-24,25-13-7-4-8-14-25)26-16-18-27(43-2)19-17-26/h3-8,11-14,16-19,21,28-30,33,42H,9-10,15,20,22H2,1-2H3,(H,37,40,41)/t28?,29-,30-,33-,35-/m1/s1. The molecule has 2 fully saturated rings. The number of aromatic amines is 1. The zero-order valence-corrected chi connectivity index (χ0v) is 25.8. The minimum atomic E-state index is -1.47. The molecule has 0 radical (unpaired) electrons. The lowest BCUT2D eigenvalue weighted by atomic mass is 9.72. The van der Waals surface area contributed by atoms with Gasteiger partial charge in [-0.15, -0.1) is 0 Å².